The molecule has 2 aliphatic carbocycles. The first-order valence-corrected chi connectivity index (χ1v) is 13.0. The molecule has 0 bridgehead atoms. The Bertz CT molecular complexity index is 927. The van der Waals surface area contributed by atoms with Crippen molar-refractivity contribution in [2.75, 3.05) is 0 Å². The molecule has 0 heterocycles. The largest absolute Gasteiger partial charge is 0.203 e. The molecule has 0 aliphatic heterocycles. The fourth-order valence-corrected chi connectivity index (χ4v) is 6.60. The van der Waals surface area contributed by atoms with Crippen LogP contribution in [0, 0.1) is 35.3 Å². The lowest BCUT2D eigenvalue weighted by Crippen LogP contribution is -2.27. The second-order valence-corrected chi connectivity index (χ2v) is 10.6. The van der Waals surface area contributed by atoms with E-state index in [9.17, 15) is 8.78 Å². The minimum absolute atomic E-state index is 0.392. The summed E-state index contributed by atoms with van der Waals surface area (Å²) in [7, 11) is 0. The Morgan fingerprint density at radius 1 is 0.906 bits per heavy atom. The van der Waals surface area contributed by atoms with E-state index in [1.165, 1.54) is 51.4 Å². The van der Waals surface area contributed by atoms with Crippen LogP contribution in [0.2, 0.25) is 0 Å². The molecule has 32 heavy (non-hydrogen) atoms. The Balaban J connectivity index is 1.40. The summed E-state index contributed by atoms with van der Waals surface area (Å²) in [5.74, 6) is 2.33. The van der Waals surface area contributed by atoms with E-state index in [0.717, 1.165) is 35.1 Å². The van der Waals surface area contributed by atoms with Crippen LogP contribution in [-0.4, -0.2) is 0 Å². The first-order chi connectivity index (χ1) is 15.5. The predicted octanol–water partition coefficient (Wildman–Crippen LogP) is 9.36. The Morgan fingerprint density at radius 2 is 1.56 bits per heavy atom. The number of fused-ring (bicyclic) bond motifs is 1. The quantitative estimate of drug-likeness (QED) is 0.394. The lowest BCUT2D eigenvalue weighted by Gasteiger charge is -2.39. The van der Waals surface area contributed by atoms with Gasteiger partial charge in [-0.1, -0.05) is 44.6 Å². The summed E-state index contributed by atoms with van der Waals surface area (Å²) in [6, 6.07) is 7.90. The molecular weight excluding hydrogens is 398 g/mol. The molecule has 2 aliphatic rings. The van der Waals surface area contributed by atoms with Crippen molar-refractivity contribution >= 4 is 10.8 Å². The zero-order valence-electron chi connectivity index (χ0n) is 20.2. The van der Waals surface area contributed by atoms with Crippen LogP contribution in [-0.2, 0) is 6.42 Å². The normalized spacial score (nSPS) is 27.8. The van der Waals surface area contributed by atoms with Crippen molar-refractivity contribution in [2.24, 2.45) is 23.7 Å². The van der Waals surface area contributed by atoms with Crippen molar-refractivity contribution < 1.29 is 8.78 Å². The summed E-state index contributed by atoms with van der Waals surface area (Å²) in [6.07, 6.45) is 16.8. The molecule has 2 heteroatoms. The molecule has 2 aromatic carbocycles. The van der Waals surface area contributed by atoms with Crippen LogP contribution < -0.4 is 0 Å². The van der Waals surface area contributed by atoms with Crippen molar-refractivity contribution in [2.45, 2.75) is 90.9 Å². The van der Waals surface area contributed by atoms with Crippen LogP contribution in [0.15, 0.2) is 36.4 Å². The highest BCUT2D eigenvalue weighted by Crippen LogP contribution is 2.45. The zero-order chi connectivity index (χ0) is 22.7. The van der Waals surface area contributed by atoms with Gasteiger partial charge in [-0.3, -0.25) is 0 Å². The Kier molecular flexibility index (Phi) is 7.69. The van der Waals surface area contributed by atoms with Crippen LogP contribution in [0.3, 0.4) is 0 Å². The van der Waals surface area contributed by atoms with Crippen molar-refractivity contribution in [1.82, 2.24) is 0 Å². The summed E-state index contributed by atoms with van der Waals surface area (Å²) in [4.78, 5) is 0. The molecule has 2 aromatic rings. The van der Waals surface area contributed by atoms with Crippen LogP contribution in [0.1, 0.15) is 95.6 Å². The van der Waals surface area contributed by atoms with E-state index in [1.54, 1.807) is 0 Å². The lowest BCUT2D eigenvalue weighted by atomic mass is 9.67. The number of aryl methyl sites for hydroxylation is 1. The molecule has 2 fully saturated rings. The van der Waals surface area contributed by atoms with E-state index < -0.39 is 11.6 Å². The molecule has 174 valence electrons. The van der Waals surface area contributed by atoms with Crippen molar-refractivity contribution in [3.8, 4) is 0 Å². The van der Waals surface area contributed by atoms with Gasteiger partial charge in [-0.2, -0.15) is 0 Å². The molecule has 0 aromatic heterocycles. The molecule has 0 spiro atoms. The highest BCUT2D eigenvalue weighted by molar-refractivity contribution is 5.85. The number of halogens is 2. The van der Waals surface area contributed by atoms with Gasteiger partial charge >= 0.3 is 0 Å². The minimum atomic E-state index is -0.669. The van der Waals surface area contributed by atoms with E-state index in [2.05, 4.69) is 32.1 Å². The standard InChI is InChI=1S/C30H40F2/c1-4-6-21-8-10-23(11-9-21)24-14-12-22(13-15-24)20(3)25-16-17-26-18-27(7-5-2)29(31)30(32)28(26)19-25/h4,6,16-24H,5,7-15H2,1-3H3/b6-4+. The smallest absolute Gasteiger partial charge is 0.166 e. The third-order valence-electron chi connectivity index (χ3n) is 8.63. The van der Waals surface area contributed by atoms with Gasteiger partial charge in [-0.25, -0.2) is 8.78 Å². The summed E-state index contributed by atoms with van der Waals surface area (Å²) in [5, 5.41) is 1.26. The summed E-state index contributed by atoms with van der Waals surface area (Å²) in [6.45, 7) is 6.42. The maximum Gasteiger partial charge on any atom is 0.166 e. The van der Waals surface area contributed by atoms with E-state index >= 15 is 0 Å². The van der Waals surface area contributed by atoms with Gasteiger partial charge in [0.05, 0.1) is 0 Å². The first kappa shape index (κ1) is 23.5. The SMILES string of the molecule is C/C=C/C1CCC(C2CCC(C(C)c3ccc4cc(CCC)c(F)c(F)c4c3)CC2)CC1. The number of hydrogen-bond donors (Lipinski definition) is 0. The van der Waals surface area contributed by atoms with E-state index in [1.807, 2.05) is 25.1 Å². The Hall–Kier alpha value is -1.70. The van der Waals surface area contributed by atoms with E-state index in [-0.39, 0.29) is 0 Å². The number of benzene rings is 2. The molecule has 4 rings (SSSR count). The van der Waals surface area contributed by atoms with Gasteiger partial charge in [0.1, 0.15) is 0 Å². The number of allylic oxidation sites excluding steroid dienone is 2. The summed E-state index contributed by atoms with van der Waals surface area (Å²) < 4.78 is 29.3. The second-order valence-electron chi connectivity index (χ2n) is 10.6. The molecule has 0 saturated heterocycles. The van der Waals surface area contributed by atoms with Crippen molar-refractivity contribution in [3.63, 3.8) is 0 Å². The summed E-state index contributed by atoms with van der Waals surface area (Å²) in [5.41, 5.74) is 1.66. The predicted molar refractivity (Wildman–Crippen MR) is 132 cm³/mol. The van der Waals surface area contributed by atoms with E-state index in [4.69, 9.17) is 0 Å². The maximum absolute atomic E-state index is 14.8. The van der Waals surface area contributed by atoms with Gasteiger partial charge in [0.2, 0.25) is 0 Å². The molecule has 1 atom stereocenters. The van der Waals surface area contributed by atoms with Gasteiger partial charge in [0, 0.05) is 5.39 Å². The third kappa shape index (κ3) is 4.95. The first-order valence-electron chi connectivity index (χ1n) is 13.0. The monoisotopic (exact) mass is 438 g/mol. The van der Waals surface area contributed by atoms with Crippen molar-refractivity contribution in [1.29, 1.82) is 0 Å². The highest BCUT2D eigenvalue weighted by Gasteiger charge is 2.32. The van der Waals surface area contributed by atoms with Crippen LogP contribution in [0.25, 0.3) is 10.8 Å². The van der Waals surface area contributed by atoms with Gasteiger partial charge in [0.15, 0.2) is 11.6 Å². The molecule has 1 unspecified atom stereocenters. The van der Waals surface area contributed by atoms with Gasteiger partial charge in [-0.05, 0) is 123 Å². The Labute approximate surface area is 193 Å². The molecular formula is C30H40F2. The maximum atomic E-state index is 14.8. The highest BCUT2D eigenvalue weighted by atomic mass is 19.2. The average Bonchev–Trinajstić information content (AvgIpc) is 2.83. The lowest BCUT2D eigenvalue weighted by molar-refractivity contribution is 0.148. The molecule has 0 N–H and O–H groups in total. The average molecular weight is 439 g/mol. The minimum Gasteiger partial charge on any atom is -0.203 e. The molecule has 0 radical (unpaired) electrons. The van der Waals surface area contributed by atoms with Crippen LogP contribution in [0.5, 0.6) is 0 Å². The van der Waals surface area contributed by atoms with Gasteiger partial charge in [0.25, 0.3) is 0 Å². The fourth-order valence-electron chi connectivity index (χ4n) is 6.60. The molecule has 0 nitrogen and oxygen atoms in total. The molecule has 0 amide bonds. The van der Waals surface area contributed by atoms with Crippen LogP contribution in [0.4, 0.5) is 8.78 Å². The van der Waals surface area contributed by atoms with Crippen molar-refractivity contribution in [3.05, 3.63) is 59.2 Å². The topological polar surface area (TPSA) is 0 Å². The zero-order valence-corrected chi connectivity index (χ0v) is 20.2. The Morgan fingerprint density at radius 3 is 2.19 bits per heavy atom. The van der Waals surface area contributed by atoms with Crippen LogP contribution >= 0.6 is 0 Å². The molecule has 2 saturated carbocycles. The number of hydrogen-bond acceptors (Lipinski definition) is 0. The third-order valence-corrected chi connectivity index (χ3v) is 8.63. The fraction of sp³-hybridized carbons (Fsp3) is 0.600. The number of rotatable bonds is 6. The summed E-state index contributed by atoms with van der Waals surface area (Å²) >= 11 is 0. The van der Waals surface area contributed by atoms with E-state index in [0.29, 0.717) is 29.2 Å². The van der Waals surface area contributed by atoms with Gasteiger partial charge in [-0.15, -0.1) is 0 Å². The second kappa shape index (κ2) is 10.5. The van der Waals surface area contributed by atoms with Gasteiger partial charge < -0.3 is 0 Å².